The van der Waals surface area contributed by atoms with E-state index < -0.39 is 0 Å². The third-order valence-corrected chi connectivity index (χ3v) is 5.44. The van der Waals surface area contributed by atoms with Gasteiger partial charge in [0.15, 0.2) is 0 Å². The van der Waals surface area contributed by atoms with Gasteiger partial charge in [0.05, 0.1) is 12.9 Å². The van der Waals surface area contributed by atoms with Gasteiger partial charge in [-0.1, -0.05) is 42.1 Å². The summed E-state index contributed by atoms with van der Waals surface area (Å²) in [6.07, 6.45) is 3.57. The van der Waals surface area contributed by atoms with Gasteiger partial charge in [0.25, 0.3) is 5.22 Å². The van der Waals surface area contributed by atoms with Gasteiger partial charge in [0.1, 0.15) is 17.6 Å². The van der Waals surface area contributed by atoms with Gasteiger partial charge in [-0.25, -0.2) is 4.98 Å². The Morgan fingerprint density at radius 3 is 2.61 bits per heavy atom. The van der Waals surface area contributed by atoms with E-state index in [1.54, 1.807) is 13.3 Å². The first-order valence-corrected chi connectivity index (χ1v) is 10.5. The molecule has 9 heteroatoms. The van der Waals surface area contributed by atoms with Gasteiger partial charge < -0.3 is 19.0 Å². The Morgan fingerprint density at radius 1 is 1.16 bits per heavy atom. The lowest BCUT2D eigenvalue weighted by Crippen LogP contribution is -2.32. The third kappa shape index (κ3) is 4.95. The van der Waals surface area contributed by atoms with Gasteiger partial charge in [-0.15, -0.1) is 10.2 Å². The number of nitrogens with zero attached hydrogens (tertiary/aromatic N) is 4. The molecular weight excluding hydrogens is 414 g/mol. The molecule has 8 nitrogen and oxygen atoms in total. The lowest BCUT2D eigenvalue weighted by atomic mass is 10.1. The van der Waals surface area contributed by atoms with Crippen LogP contribution in [0.1, 0.15) is 17.4 Å². The number of rotatable bonds is 8. The summed E-state index contributed by atoms with van der Waals surface area (Å²) in [6, 6.07) is 16.7. The molecule has 4 aromatic rings. The fourth-order valence-electron chi connectivity index (χ4n) is 3.05. The highest BCUT2D eigenvalue weighted by molar-refractivity contribution is 7.99. The number of aryl methyl sites for hydroxylation is 1. The van der Waals surface area contributed by atoms with E-state index in [1.165, 1.54) is 11.8 Å². The standard InChI is InChI=1S/C22H21N5O3S/c1-27-13-12-23-20(27)19(15-6-4-3-5-7-15)24-18(28)14-31-22-26-25-21(30-22)16-8-10-17(29-2)11-9-16/h3-13,19H,14H2,1-2H3,(H,24,28). The Balaban J connectivity index is 1.41. The maximum atomic E-state index is 12.7. The van der Waals surface area contributed by atoms with Crippen LogP contribution >= 0.6 is 11.8 Å². The second kappa shape index (κ2) is 9.48. The zero-order chi connectivity index (χ0) is 21.6. The molecule has 4 rings (SSSR count). The lowest BCUT2D eigenvalue weighted by Gasteiger charge is -2.19. The summed E-state index contributed by atoms with van der Waals surface area (Å²) < 4.78 is 12.7. The molecule has 158 valence electrons. The zero-order valence-electron chi connectivity index (χ0n) is 17.1. The maximum Gasteiger partial charge on any atom is 0.277 e. The van der Waals surface area contributed by atoms with Crippen LogP contribution in [0.15, 0.2) is 76.6 Å². The number of aromatic nitrogens is 4. The first kappa shape index (κ1) is 20.7. The number of carbonyl (C=O) groups excluding carboxylic acids is 1. The van der Waals surface area contributed by atoms with E-state index in [0.717, 1.165) is 22.7 Å². The normalized spacial score (nSPS) is 11.8. The second-order valence-corrected chi connectivity index (χ2v) is 7.62. The van der Waals surface area contributed by atoms with Crippen molar-refractivity contribution in [1.29, 1.82) is 0 Å². The number of hydrogen-bond donors (Lipinski definition) is 1. The van der Waals surface area contributed by atoms with Gasteiger partial charge in [0.2, 0.25) is 11.8 Å². The first-order valence-electron chi connectivity index (χ1n) is 9.56. The molecule has 1 amide bonds. The average molecular weight is 436 g/mol. The first-order chi connectivity index (χ1) is 15.1. The van der Waals surface area contributed by atoms with Gasteiger partial charge in [0, 0.05) is 25.0 Å². The fraction of sp³-hybridized carbons (Fsp3) is 0.182. The van der Waals surface area contributed by atoms with Crippen molar-refractivity contribution in [1.82, 2.24) is 25.1 Å². The van der Waals surface area contributed by atoms with Crippen LogP contribution in [-0.4, -0.2) is 38.5 Å². The number of thioether (sulfide) groups is 1. The Morgan fingerprint density at radius 2 is 1.94 bits per heavy atom. The number of benzene rings is 2. The van der Waals surface area contributed by atoms with Gasteiger partial charge in [-0.2, -0.15) is 0 Å². The van der Waals surface area contributed by atoms with Crippen molar-refractivity contribution >= 4 is 17.7 Å². The van der Waals surface area contributed by atoms with Crippen molar-refractivity contribution in [2.75, 3.05) is 12.9 Å². The Kier molecular flexibility index (Phi) is 6.32. The molecule has 31 heavy (non-hydrogen) atoms. The summed E-state index contributed by atoms with van der Waals surface area (Å²) in [7, 11) is 3.51. The van der Waals surface area contributed by atoms with Crippen LogP contribution < -0.4 is 10.1 Å². The Labute approximate surface area is 183 Å². The van der Waals surface area contributed by atoms with Crippen LogP contribution in [-0.2, 0) is 11.8 Å². The van der Waals surface area contributed by atoms with Crippen LogP contribution in [0, 0.1) is 0 Å². The quantitative estimate of drug-likeness (QED) is 0.423. The molecule has 0 radical (unpaired) electrons. The molecular formula is C22H21N5O3S. The number of hydrogen-bond acceptors (Lipinski definition) is 7. The van der Waals surface area contributed by atoms with E-state index in [1.807, 2.05) is 72.4 Å². The van der Waals surface area contributed by atoms with Crippen molar-refractivity contribution < 1.29 is 13.9 Å². The van der Waals surface area contributed by atoms with Crippen LogP contribution in [0.3, 0.4) is 0 Å². The summed E-state index contributed by atoms with van der Waals surface area (Å²) in [6.45, 7) is 0. The minimum atomic E-state index is -0.355. The molecule has 1 unspecified atom stereocenters. The molecule has 2 aromatic carbocycles. The number of amides is 1. The summed E-state index contributed by atoms with van der Waals surface area (Å²) >= 11 is 1.19. The molecule has 0 aliphatic heterocycles. The fourth-order valence-corrected chi connectivity index (χ4v) is 3.62. The van der Waals surface area contributed by atoms with Crippen molar-refractivity contribution in [2.45, 2.75) is 11.3 Å². The second-order valence-electron chi connectivity index (χ2n) is 6.70. The SMILES string of the molecule is COc1ccc(-c2nnc(SCC(=O)NC(c3ccccc3)c3nccn3C)o2)cc1. The van der Waals surface area contributed by atoms with E-state index >= 15 is 0 Å². The molecule has 0 saturated carbocycles. The zero-order valence-corrected chi connectivity index (χ0v) is 17.9. The Hall–Kier alpha value is -3.59. The van der Waals surface area contributed by atoms with Crippen molar-refractivity contribution in [3.8, 4) is 17.2 Å². The summed E-state index contributed by atoms with van der Waals surface area (Å²) in [5, 5.41) is 11.5. The predicted molar refractivity (Wildman–Crippen MR) is 117 cm³/mol. The lowest BCUT2D eigenvalue weighted by molar-refractivity contribution is -0.119. The van der Waals surface area contributed by atoms with Gasteiger partial charge in [-0.3, -0.25) is 4.79 Å². The molecule has 1 N–H and O–H groups in total. The predicted octanol–water partition coefficient (Wildman–Crippen LogP) is 3.48. The minimum absolute atomic E-state index is 0.137. The highest BCUT2D eigenvalue weighted by atomic mass is 32.2. The molecule has 0 fully saturated rings. The molecule has 0 aliphatic rings. The monoisotopic (exact) mass is 435 g/mol. The molecule has 0 bridgehead atoms. The summed E-state index contributed by atoms with van der Waals surface area (Å²) in [5.74, 6) is 1.86. The number of methoxy groups -OCH3 is 1. The number of nitrogens with one attached hydrogen (secondary N) is 1. The minimum Gasteiger partial charge on any atom is -0.497 e. The number of ether oxygens (including phenoxy) is 1. The van der Waals surface area contributed by atoms with Crippen molar-refractivity contribution in [3.63, 3.8) is 0 Å². The summed E-state index contributed by atoms with van der Waals surface area (Å²) in [5.41, 5.74) is 1.73. The molecule has 0 aliphatic carbocycles. The van der Waals surface area contributed by atoms with E-state index in [9.17, 15) is 4.79 Å². The molecule has 1 atom stereocenters. The molecule has 0 saturated heterocycles. The Bertz CT molecular complexity index is 1140. The smallest absolute Gasteiger partial charge is 0.277 e. The van der Waals surface area contributed by atoms with Crippen LogP contribution in [0.25, 0.3) is 11.5 Å². The third-order valence-electron chi connectivity index (χ3n) is 4.63. The number of imidazole rings is 1. The van der Waals surface area contributed by atoms with E-state index in [0.29, 0.717) is 11.1 Å². The number of carbonyl (C=O) groups is 1. The maximum absolute atomic E-state index is 12.7. The molecule has 2 heterocycles. The van der Waals surface area contributed by atoms with Crippen molar-refractivity contribution in [2.24, 2.45) is 7.05 Å². The van der Waals surface area contributed by atoms with E-state index in [-0.39, 0.29) is 17.7 Å². The average Bonchev–Trinajstić information content (AvgIpc) is 3.46. The topological polar surface area (TPSA) is 95.1 Å². The van der Waals surface area contributed by atoms with E-state index in [2.05, 4.69) is 20.5 Å². The van der Waals surface area contributed by atoms with Crippen LogP contribution in [0.5, 0.6) is 5.75 Å². The summed E-state index contributed by atoms with van der Waals surface area (Å²) in [4.78, 5) is 17.1. The highest BCUT2D eigenvalue weighted by Gasteiger charge is 2.21. The van der Waals surface area contributed by atoms with Crippen LogP contribution in [0.4, 0.5) is 0 Å². The highest BCUT2D eigenvalue weighted by Crippen LogP contribution is 2.25. The van der Waals surface area contributed by atoms with Crippen molar-refractivity contribution in [3.05, 3.63) is 78.4 Å². The van der Waals surface area contributed by atoms with Crippen LogP contribution in [0.2, 0.25) is 0 Å². The van der Waals surface area contributed by atoms with E-state index in [4.69, 9.17) is 9.15 Å². The van der Waals surface area contributed by atoms with Gasteiger partial charge in [-0.05, 0) is 29.8 Å². The largest absolute Gasteiger partial charge is 0.497 e. The molecule has 0 spiro atoms. The van der Waals surface area contributed by atoms with Gasteiger partial charge >= 0.3 is 0 Å². The molecule has 2 aromatic heterocycles.